The van der Waals surface area contributed by atoms with Gasteiger partial charge in [0.2, 0.25) is 0 Å². The van der Waals surface area contributed by atoms with E-state index in [4.69, 9.17) is 4.74 Å². The van der Waals surface area contributed by atoms with Crippen LogP contribution in [0, 0.1) is 5.82 Å². The van der Waals surface area contributed by atoms with Crippen LogP contribution in [0.3, 0.4) is 0 Å². The minimum absolute atomic E-state index is 0.116. The van der Waals surface area contributed by atoms with Crippen molar-refractivity contribution in [1.29, 1.82) is 0 Å². The molecule has 0 amide bonds. The largest absolute Gasteiger partial charge is 0.473 e. The SMILES string of the molecule is O=c1ccccn1COc1ccc(F)cc1. The van der Waals surface area contributed by atoms with Crippen LogP contribution in [-0.4, -0.2) is 4.57 Å². The molecule has 0 spiro atoms. The molecule has 16 heavy (non-hydrogen) atoms. The van der Waals surface area contributed by atoms with E-state index in [-0.39, 0.29) is 18.1 Å². The van der Waals surface area contributed by atoms with Crippen molar-refractivity contribution in [2.45, 2.75) is 6.73 Å². The number of ether oxygens (including phenoxy) is 1. The molecule has 0 aliphatic heterocycles. The number of aromatic nitrogens is 1. The van der Waals surface area contributed by atoms with Crippen molar-refractivity contribution in [1.82, 2.24) is 4.57 Å². The second-order valence-corrected chi connectivity index (χ2v) is 3.24. The summed E-state index contributed by atoms with van der Waals surface area (Å²) < 4.78 is 19.3. The van der Waals surface area contributed by atoms with Gasteiger partial charge in [-0.1, -0.05) is 6.07 Å². The topological polar surface area (TPSA) is 31.2 Å². The fourth-order valence-corrected chi connectivity index (χ4v) is 1.24. The van der Waals surface area contributed by atoms with Crippen molar-refractivity contribution in [2.75, 3.05) is 0 Å². The predicted octanol–water partition coefficient (Wildman–Crippen LogP) is 2.02. The van der Waals surface area contributed by atoms with Gasteiger partial charge in [-0.25, -0.2) is 4.39 Å². The lowest BCUT2D eigenvalue weighted by Crippen LogP contribution is -2.20. The molecule has 82 valence electrons. The number of pyridine rings is 1. The zero-order chi connectivity index (χ0) is 11.4. The second-order valence-electron chi connectivity index (χ2n) is 3.24. The Morgan fingerprint density at radius 3 is 2.56 bits per heavy atom. The summed E-state index contributed by atoms with van der Waals surface area (Å²) in [6.45, 7) is 0.116. The fraction of sp³-hybridized carbons (Fsp3) is 0.0833. The number of halogens is 1. The van der Waals surface area contributed by atoms with Gasteiger partial charge in [0.1, 0.15) is 11.6 Å². The van der Waals surface area contributed by atoms with Crippen LogP contribution in [0.25, 0.3) is 0 Å². The van der Waals surface area contributed by atoms with Gasteiger partial charge in [0, 0.05) is 12.3 Å². The molecule has 4 heteroatoms. The average Bonchev–Trinajstić information content (AvgIpc) is 2.30. The molecule has 0 aliphatic rings. The Balaban J connectivity index is 2.05. The molecule has 0 aliphatic carbocycles. The summed E-state index contributed by atoms with van der Waals surface area (Å²) in [6, 6.07) is 10.5. The van der Waals surface area contributed by atoms with Crippen molar-refractivity contribution in [2.24, 2.45) is 0 Å². The summed E-state index contributed by atoms with van der Waals surface area (Å²) in [6.07, 6.45) is 1.63. The first-order valence-electron chi connectivity index (χ1n) is 4.79. The molecule has 0 saturated heterocycles. The third-order valence-electron chi connectivity index (χ3n) is 2.08. The predicted molar refractivity (Wildman–Crippen MR) is 57.7 cm³/mol. The molecule has 0 bridgehead atoms. The zero-order valence-corrected chi connectivity index (χ0v) is 8.47. The lowest BCUT2D eigenvalue weighted by Gasteiger charge is -2.07. The highest BCUT2D eigenvalue weighted by Gasteiger charge is 1.96. The maximum atomic E-state index is 12.6. The third-order valence-corrected chi connectivity index (χ3v) is 2.08. The lowest BCUT2D eigenvalue weighted by atomic mass is 10.3. The summed E-state index contributed by atoms with van der Waals surface area (Å²) in [5.74, 6) is 0.210. The van der Waals surface area contributed by atoms with Gasteiger partial charge < -0.3 is 4.74 Å². The number of hydrogen-bond acceptors (Lipinski definition) is 2. The Kier molecular flexibility index (Phi) is 3.00. The molecule has 0 radical (unpaired) electrons. The first-order chi connectivity index (χ1) is 7.75. The van der Waals surface area contributed by atoms with Crippen LogP contribution in [0.2, 0.25) is 0 Å². The van der Waals surface area contributed by atoms with Gasteiger partial charge >= 0.3 is 0 Å². The van der Waals surface area contributed by atoms with E-state index in [9.17, 15) is 9.18 Å². The maximum absolute atomic E-state index is 12.6. The van der Waals surface area contributed by atoms with Crippen LogP contribution in [-0.2, 0) is 6.73 Å². The summed E-state index contributed by atoms with van der Waals surface area (Å²) in [5, 5.41) is 0. The quantitative estimate of drug-likeness (QED) is 0.790. The van der Waals surface area contributed by atoms with E-state index in [0.717, 1.165) is 0 Å². The Hall–Kier alpha value is -2.10. The van der Waals surface area contributed by atoms with E-state index in [1.54, 1.807) is 18.3 Å². The molecule has 0 fully saturated rings. The van der Waals surface area contributed by atoms with Crippen LogP contribution in [0.4, 0.5) is 4.39 Å². The normalized spacial score (nSPS) is 10.1. The number of hydrogen-bond donors (Lipinski definition) is 0. The highest BCUT2D eigenvalue weighted by molar-refractivity contribution is 5.21. The van der Waals surface area contributed by atoms with E-state index < -0.39 is 0 Å². The van der Waals surface area contributed by atoms with Crippen LogP contribution >= 0.6 is 0 Å². The van der Waals surface area contributed by atoms with Gasteiger partial charge in [-0.05, 0) is 30.3 Å². The van der Waals surface area contributed by atoms with Crippen molar-refractivity contribution in [3.8, 4) is 5.75 Å². The van der Waals surface area contributed by atoms with Crippen molar-refractivity contribution in [3.05, 3.63) is 64.8 Å². The Morgan fingerprint density at radius 1 is 1.12 bits per heavy atom. The highest BCUT2D eigenvalue weighted by Crippen LogP contribution is 2.11. The Morgan fingerprint density at radius 2 is 1.88 bits per heavy atom. The van der Waals surface area contributed by atoms with Crippen LogP contribution < -0.4 is 10.3 Å². The van der Waals surface area contributed by atoms with Gasteiger partial charge in [0.25, 0.3) is 5.56 Å². The Bertz CT molecular complexity index is 519. The van der Waals surface area contributed by atoms with Crippen molar-refractivity contribution >= 4 is 0 Å². The summed E-state index contributed by atoms with van der Waals surface area (Å²) in [5.41, 5.74) is -0.135. The minimum Gasteiger partial charge on any atom is -0.473 e. The molecule has 2 aromatic rings. The maximum Gasteiger partial charge on any atom is 0.253 e. The second kappa shape index (κ2) is 4.61. The van der Waals surface area contributed by atoms with Gasteiger partial charge in [-0.2, -0.15) is 0 Å². The van der Waals surface area contributed by atoms with Crippen molar-refractivity contribution in [3.63, 3.8) is 0 Å². The Labute approximate surface area is 91.7 Å². The third kappa shape index (κ3) is 2.48. The van der Waals surface area contributed by atoms with Crippen molar-refractivity contribution < 1.29 is 9.13 Å². The highest BCUT2D eigenvalue weighted by atomic mass is 19.1. The number of rotatable bonds is 3. The molecule has 3 nitrogen and oxygen atoms in total. The molecule has 1 aromatic heterocycles. The number of benzene rings is 1. The van der Waals surface area contributed by atoms with Gasteiger partial charge in [-0.15, -0.1) is 0 Å². The average molecular weight is 219 g/mol. The van der Waals surface area contributed by atoms with Crippen LogP contribution in [0.5, 0.6) is 5.75 Å². The van der Waals surface area contributed by atoms with Gasteiger partial charge in [0.05, 0.1) is 0 Å². The molecule has 0 saturated carbocycles. The lowest BCUT2D eigenvalue weighted by molar-refractivity contribution is 0.232. The van der Waals surface area contributed by atoms with Crippen LogP contribution in [0.15, 0.2) is 53.5 Å². The fourth-order valence-electron chi connectivity index (χ4n) is 1.24. The van der Waals surface area contributed by atoms with E-state index in [2.05, 4.69) is 0 Å². The summed E-state index contributed by atoms with van der Waals surface area (Å²) >= 11 is 0. The van der Waals surface area contributed by atoms with E-state index >= 15 is 0 Å². The number of nitrogens with zero attached hydrogens (tertiary/aromatic N) is 1. The van der Waals surface area contributed by atoms with Gasteiger partial charge in [0.15, 0.2) is 6.73 Å². The molecule has 0 unspecified atom stereocenters. The first-order valence-corrected chi connectivity index (χ1v) is 4.79. The molecular formula is C12H10FNO2. The minimum atomic E-state index is -0.316. The van der Waals surface area contributed by atoms with Gasteiger partial charge in [-0.3, -0.25) is 9.36 Å². The van der Waals surface area contributed by atoms with E-state index in [0.29, 0.717) is 5.75 Å². The standard InChI is InChI=1S/C12H10FNO2/c13-10-4-6-11(7-5-10)16-9-14-8-2-1-3-12(14)15/h1-8H,9H2. The monoisotopic (exact) mass is 219 g/mol. The summed E-state index contributed by atoms with van der Waals surface area (Å²) in [7, 11) is 0. The summed E-state index contributed by atoms with van der Waals surface area (Å²) in [4.78, 5) is 11.3. The molecular weight excluding hydrogens is 209 g/mol. The van der Waals surface area contributed by atoms with E-state index in [1.165, 1.54) is 34.9 Å². The van der Waals surface area contributed by atoms with Crippen LogP contribution in [0.1, 0.15) is 0 Å². The molecule has 2 rings (SSSR count). The molecule has 0 atom stereocenters. The molecule has 1 heterocycles. The smallest absolute Gasteiger partial charge is 0.253 e. The first kappa shape index (κ1) is 10.4. The molecule has 1 aromatic carbocycles. The van der Waals surface area contributed by atoms with E-state index in [1.807, 2.05) is 0 Å². The zero-order valence-electron chi connectivity index (χ0n) is 8.47. The molecule has 0 N–H and O–H groups in total.